The lowest BCUT2D eigenvalue weighted by Crippen LogP contribution is -2.04. The highest BCUT2D eigenvalue weighted by Crippen LogP contribution is 2.28. The highest BCUT2D eigenvalue weighted by atomic mass is 35.5. The number of halogens is 2. The Morgan fingerprint density at radius 2 is 1.94 bits per heavy atom. The first-order valence-electron chi connectivity index (χ1n) is 4.72. The Bertz CT molecular complexity index is 590. The molecule has 0 saturated carbocycles. The van der Waals surface area contributed by atoms with Crippen molar-refractivity contribution in [3.8, 4) is 11.3 Å². The molecule has 82 valence electrons. The van der Waals surface area contributed by atoms with E-state index in [1.165, 1.54) is 6.07 Å². The van der Waals surface area contributed by atoms with Gasteiger partial charge in [0.05, 0.1) is 10.7 Å². The zero-order chi connectivity index (χ0) is 11.7. The molecule has 0 unspecified atom stereocenters. The number of aromatic nitrogens is 1. The Balaban J connectivity index is 2.59. The molecule has 0 saturated heterocycles. The van der Waals surface area contributed by atoms with Gasteiger partial charge in [0, 0.05) is 28.4 Å². The van der Waals surface area contributed by atoms with E-state index in [0.717, 1.165) is 5.56 Å². The summed E-state index contributed by atoms with van der Waals surface area (Å²) in [6.45, 7) is 1.76. The van der Waals surface area contributed by atoms with Crippen LogP contribution < -0.4 is 5.43 Å². The second-order valence-electron chi connectivity index (χ2n) is 3.52. The summed E-state index contributed by atoms with van der Waals surface area (Å²) in [6, 6.07) is 6.70. The smallest absolute Gasteiger partial charge is 0.185 e. The molecule has 1 N–H and O–H groups in total. The van der Waals surface area contributed by atoms with Crippen LogP contribution in [0.15, 0.2) is 35.3 Å². The van der Waals surface area contributed by atoms with Gasteiger partial charge in [0.15, 0.2) is 5.43 Å². The number of H-pyrrole nitrogens is 1. The molecule has 0 amide bonds. The molecule has 2 nitrogen and oxygen atoms in total. The molecule has 2 aromatic rings. The maximum absolute atomic E-state index is 11.5. The lowest BCUT2D eigenvalue weighted by Gasteiger charge is -2.05. The van der Waals surface area contributed by atoms with E-state index in [9.17, 15) is 4.79 Å². The average Bonchev–Trinajstić information content (AvgIpc) is 2.22. The summed E-state index contributed by atoms with van der Waals surface area (Å²) in [7, 11) is 0. The van der Waals surface area contributed by atoms with Crippen LogP contribution in [0.25, 0.3) is 11.3 Å². The highest BCUT2D eigenvalue weighted by Gasteiger charge is 2.05. The van der Waals surface area contributed by atoms with Crippen LogP contribution in [-0.4, -0.2) is 4.98 Å². The zero-order valence-corrected chi connectivity index (χ0v) is 10.1. The fourth-order valence-electron chi connectivity index (χ4n) is 1.41. The van der Waals surface area contributed by atoms with Gasteiger partial charge in [-0.05, 0) is 25.1 Å². The van der Waals surface area contributed by atoms with E-state index in [0.29, 0.717) is 21.3 Å². The topological polar surface area (TPSA) is 32.9 Å². The Morgan fingerprint density at radius 3 is 2.56 bits per heavy atom. The van der Waals surface area contributed by atoms with Crippen LogP contribution in [-0.2, 0) is 0 Å². The molecule has 0 aliphatic rings. The molecule has 1 heterocycles. The van der Waals surface area contributed by atoms with Gasteiger partial charge in [0.2, 0.25) is 0 Å². The number of benzene rings is 1. The number of rotatable bonds is 1. The molecule has 0 aliphatic heterocycles. The molecule has 4 heteroatoms. The van der Waals surface area contributed by atoms with Crippen molar-refractivity contribution in [3.63, 3.8) is 0 Å². The largest absolute Gasteiger partial charge is 0.361 e. The van der Waals surface area contributed by atoms with E-state index < -0.39 is 0 Å². The summed E-state index contributed by atoms with van der Waals surface area (Å²) < 4.78 is 0. The SMILES string of the molecule is Cc1c[nH]c(-c2ccc(Cl)cc2Cl)cc1=O. The molecule has 0 aliphatic carbocycles. The first-order chi connectivity index (χ1) is 7.58. The number of hydrogen-bond acceptors (Lipinski definition) is 1. The first kappa shape index (κ1) is 11.2. The number of pyridine rings is 1. The summed E-state index contributed by atoms with van der Waals surface area (Å²) in [4.78, 5) is 14.5. The second kappa shape index (κ2) is 4.32. The van der Waals surface area contributed by atoms with Crippen LogP contribution in [0, 0.1) is 6.92 Å². The number of nitrogens with one attached hydrogen (secondary N) is 1. The highest BCUT2D eigenvalue weighted by molar-refractivity contribution is 6.36. The quantitative estimate of drug-likeness (QED) is 0.827. The maximum Gasteiger partial charge on any atom is 0.185 e. The molecular formula is C12H9Cl2NO. The van der Waals surface area contributed by atoms with Gasteiger partial charge >= 0.3 is 0 Å². The van der Waals surface area contributed by atoms with Crippen LogP contribution in [0.1, 0.15) is 5.56 Å². The normalized spacial score (nSPS) is 10.4. The minimum Gasteiger partial charge on any atom is -0.361 e. The summed E-state index contributed by atoms with van der Waals surface area (Å²) in [5.41, 5.74) is 2.12. The predicted octanol–water partition coefficient (Wildman–Crippen LogP) is 3.66. The third kappa shape index (κ3) is 2.13. The van der Waals surface area contributed by atoms with E-state index >= 15 is 0 Å². The van der Waals surface area contributed by atoms with Gasteiger partial charge in [0.25, 0.3) is 0 Å². The number of aromatic amines is 1. The van der Waals surface area contributed by atoms with E-state index in [4.69, 9.17) is 23.2 Å². The second-order valence-corrected chi connectivity index (χ2v) is 4.36. The Morgan fingerprint density at radius 1 is 1.19 bits per heavy atom. The van der Waals surface area contributed by atoms with Gasteiger partial charge in [-0.15, -0.1) is 0 Å². The van der Waals surface area contributed by atoms with Gasteiger partial charge < -0.3 is 4.98 Å². The molecule has 1 aromatic carbocycles. The molecule has 0 atom stereocenters. The average molecular weight is 254 g/mol. The Labute approximate surface area is 103 Å². The van der Waals surface area contributed by atoms with Crippen molar-refractivity contribution in [1.29, 1.82) is 0 Å². The van der Waals surface area contributed by atoms with Crippen LogP contribution in [0.2, 0.25) is 10.0 Å². The summed E-state index contributed by atoms with van der Waals surface area (Å²) in [5, 5.41) is 1.09. The van der Waals surface area contributed by atoms with Crippen LogP contribution in [0.4, 0.5) is 0 Å². The third-order valence-corrected chi connectivity index (χ3v) is 2.88. The van der Waals surface area contributed by atoms with E-state index in [1.54, 1.807) is 31.3 Å². The third-order valence-electron chi connectivity index (χ3n) is 2.33. The van der Waals surface area contributed by atoms with Gasteiger partial charge in [-0.3, -0.25) is 4.79 Å². The zero-order valence-electron chi connectivity index (χ0n) is 8.55. The van der Waals surface area contributed by atoms with Gasteiger partial charge in [-0.1, -0.05) is 23.2 Å². The molecular weight excluding hydrogens is 245 g/mol. The van der Waals surface area contributed by atoms with Crippen LogP contribution >= 0.6 is 23.2 Å². The molecule has 0 bridgehead atoms. The minimum absolute atomic E-state index is 0.0141. The monoisotopic (exact) mass is 253 g/mol. The van der Waals surface area contributed by atoms with Crippen molar-refractivity contribution in [2.75, 3.05) is 0 Å². The van der Waals surface area contributed by atoms with Crippen molar-refractivity contribution in [3.05, 3.63) is 56.3 Å². The van der Waals surface area contributed by atoms with E-state index in [-0.39, 0.29) is 5.43 Å². The molecule has 2 rings (SSSR count). The molecule has 0 spiro atoms. The standard InChI is InChI=1S/C12H9Cl2NO/c1-7-6-15-11(5-12(7)16)9-3-2-8(13)4-10(9)14/h2-6H,1H3,(H,15,16). The molecule has 0 radical (unpaired) electrons. The fourth-order valence-corrected chi connectivity index (χ4v) is 1.92. The van der Waals surface area contributed by atoms with Crippen molar-refractivity contribution < 1.29 is 0 Å². The van der Waals surface area contributed by atoms with Gasteiger partial charge in [-0.25, -0.2) is 0 Å². The number of aryl methyl sites for hydroxylation is 1. The predicted molar refractivity (Wildman–Crippen MR) is 67.3 cm³/mol. The van der Waals surface area contributed by atoms with Crippen LogP contribution in [0.3, 0.4) is 0 Å². The minimum atomic E-state index is -0.0141. The maximum atomic E-state index is 11.5. The van der Waals surface area contributed by atoms with E-state index in [2.05, 4.69) is 4.98 Å². The summed E-state index contributed by atoms with van der Waals surface area (Å²) >= 11 is 11.9. The fraction of sp³-hybridized carbons (Fsp3) is 0.0833. The summed E-state index contributed by atoms with van der Waals surface area (Å²) in [6.07, 6.45) is 1.67. The Hall–Kier alpha value is -1.25. The summed E-state index contributed by atoms with van der Waals surface area (Å²) in [5.74, 6) is 0. The number of hydrogen-bond donors (Lipinski definition) is 1. The van der Waals surface area contributed by atoms with Gasteiger partial charge in [-0.2, -0.15) is 0 Å². The van der Waals surface area contributed by atoms with Gasteiger partial charge in [0.1, 0.15) is 0 Å². The lowest BCUT2D eigenvalue weighted by atomic mass is 10.1. The van der Waals surface area contributed by atoms with E-state index in [1.807, 2.05) is 0 Å². The van der Waals surface area contributed by atoms with Crippen molar-refractivity contribution in [2.45, 2.75) is 6.92 Å². The van der Waals surface area contributed by atoms with Crippen molar-refractivity contribution in [2.24, 2.45) is 0 Å². The Kier molecular flexibility index (Phi) is 3.03. The van der Waals surface area contributed by atoms with Crippen molar-refractivity contribution in [1.82, 2.24) is 4.98 Å². The lowest BCUT2D eigenvalue weighted by molar-refractivity contribution is 1.24. The molecule has 16 heavy (non-hydrogen) atoms. The molecule has 0 fully saturated rings. The van der Waals surface area contributed by atoms with Crippen LogP contribution in [0.5, 0.6) is 0 Å². The first-order valence-corrected chi connectivity index (χ1v) is 5.48. The molecule has 1 aromatic heterocycles. The van der Waals surface area contributed by atoms with Crippen molar-refractivity contribution >= 4 is 23.2 Å².